The van der Waals surface area contributed by atoms with E-state index in [4.69, 9.17) is 18.9 Å². The van der Waals surface area contributed by atoms with Gasteiger partial charge < -0.3 is 55.2 Å². The summed E-state index contributed by atoms with van der Waals surface area (Å²) >= 11 is 0. The number of alkyl halides is 2. The predicted molar refractivity (Wildman–Crippen MR) is 219 cm³/mol. The van der Waals surface area contributed by atoms with Crippen LogP contribution in [0.25, 0.3) is 0 Å². The molecule has 2 saturated heterocycles. The third-order valence-electron chi connectivity index (χ3n) is 10.8. The Hall–Kier alpha value is -5.67. The minimum atomic E-state index is -3.46. The SMILES string of the molecule is BNCCOCCCOCCC(=O)NCc1cccc2c1CN(C(=O)C[C@@H]1C[C@@H](C(=O)NCC(=O)N3CC(F)(F)CC3C(=O)C(=O)NCc3ccc(OC)c(OC)c3)NC1=O)C2. The monoisotopic (exact) mass is 869 g/mol. The number of benzene rings is 2. The second-order valence-corrected chi connectivity index (χ2v) is 15.3. The summed E-state index contributed by atoms with van der Waals surface area (Å²) in [6, 6.07) is 7.52. The molecule has 0 radical (unpaired) electrons. The lowest BCUT2D eigenvalue weighted by molar-refractivity contribution is -0.144. The highest BCUT2D eigenvalue weighted by Crippen LogP contribution is 2.33. The van der Waals surface area contributed by atoms with E-state index in [1.54, 1.807) is 23.1 Å². The number of methoxy groups -OCH3 is 2. The zero-order valence-corrected chi connectivity index (χ0v) is 35.2. The van der Waals surface area contributed by atoms with Gasteiger partial charge in [0.1, 0.15) is 12.1 Å². The molecule has 62 heavy (non-hydrogen) atoms. The van der Waals surface area contributed by atoms with Gasteiger partial charge in [-0.15, -0.1) is 0 Å². The number of hydrogen-bond donors (Lipinski definition) is 5. The van der Waals surface area contributed by atoms with E-state index >= 15 is 0 Å². The van der Waals surface area contributed by atoms with Gasteiger partial charge in [-0.1, -0.05) is 24.3 Å². The summed E-state index contributed by atoms with van der Waals surface area (Å²) in [7, 11) is 4.72. The second kappa shape index (κ2) is 22.4. The van der Waals surface area contributed by atoms with E-state index in [1.807, 2.05) is 26.2 Å². The molecule has 5 rings (SSSR count). The van der Waals surface area contributed by atoms with Gasteiger partial charge in [-0.2, -0.15) is 0 Å². The van der Waals surface area contributed by atoms with Crippen molar-refractivity contribution in [3.05, 3.63) is 58.7 Å². The summed E-state index contributed by atoms with van der Waals surface area (Å²) < 4.78 is 50.5. The molecule has 0 aliphatic carbocycles. The Balaban J connectivity index is 1.04. The third-order valence-corrected chi connectivity index (χ3v) is 10.8. The van der Waals surface area contributed by atoms with E-state index in [9.17, 15) is 42.3 Å². The number of halogens is 2. The van der Waals surface area contributed by atoms with Crippen molar-refractivity contribution in [3.63, 3.8) is 0 Å². The molecular weight excluding hydrogens is 815 g/mol. The Morgan fingerprint density at radius 2 is 1.66 bits per heavy atom. The second-order valence-electron chi connectivity index (χ2n) is 15.3. The number of likely N-dealkylation sites (tertiary alicyclic amines) is 1. The fourth-order valence-electron chi connectivity index (χ4n) is 7.46. The Morgan fingerprint density at radius 1 is 0.903 bits per heavy atom. The van der Waals surface area contributed by atoms with E-state index in [2.05, 4.69) is 26.5 Å². The number of carbonyl (C=O) groups is 7. The molecule has 0 aromatic heterocycles. The highest BCUT2D eigenvalue weighted by Gasteiger charge is 2.51. The largest absolute Gasteiger partial charge is 0.493 e. The first kappa shape index (κ1) is 47.4. The number of carbonyl (C=O) groups excluding carboxylic acids is 7. The molecule has 2 aromatic rings. The molecule has 2 aromatic carbocycles. The van der Waals surface area contributed by atoms with Crippen molar-refractivity contribution < 1.29 is 61.3 Å². The van der Waals surface area contributed by atoms with Crippen LogP contribution in [0.3, 0.4) is 0 Å². The molecular formula is C41H54BF2N7O11. The molecule has 1 unspecified atom stereocenters. The standard InChI is InChI=1S/C41H54BF2N7O11/c1-59-32-8-7-25(15-33(32)60-2)19-46-40(58)37(55)31-18-41(43,44)24-51(31)36(54)21-47-39(57)30-16-28(38(56)49-30)17-35(53)50-22-27-6-3-5-26(29(27)23-50)20-45-34(52)9-13-61-11-4-12-62-14-10-48-42/h3,5-8,15,28,30-31,48H,4,9-14,16-24,42H2,1-2H3,(H,45,52)(H,46,58)(H,47,57)(H,49,56)/t28-,30-,31?/m0/s1. The fourth-order valence-corrected chi connectivity index (χ4v) is 7.46. The maximum atomic E-state index is 14.5. The molecule has 3 heterocycles. The lowest BCUT2D eigenvalue weighted by Crippen LogP contribution is -2.51. The Labute approximate surface area is 358 Å². The van der Waals surface area contributed by atoms with Gasteiger partial charge in [0.2, 0.25) is 35.3 Å². The predicted octanol–water partition coefficient (Wildman–Crippen LogP) is -0.754. The molecule has 336 valence electrons. The van der Waals surface area contributed by atoms with Gasteiger partial charge in [0, 0.05) is 71.1 Å². The molecule has 0 bridgehead atoms. The Bertz CT molecular complexity index is 1980. The smallest absolute Gasteiger partial charge is 0.289 e. The highest BCUT2D eigenvalue weighted by molar-refractivity contribution is 6.38. The number of nitrogens with one attached hydrogen (secondary N) is 5. The zero-order valence-electron chi connectivity index (χ0n) is 35.2. The van der Waals surface area contributed by atoms with Gasteiger partial charge in [-0.05, 0) is 47.2 Å². The fraction of sp³-hybridized carbons (Fsp3) is 0.537. The van der Waals surface area contributed by atoms with E-state index in [0.717, 1.165) is 29.7 Å². The number of ketones is 1. The molecule has 6 amide bonds. The summed E-state index contributed by atoms with van der Waals surface area (Å²) in [5, 5.41) is 13.2. The van der Waals surface area contributed by atoms with Crippen LogP contribution in [0.4, 0.5) is 8.78 Å². The van der Waals surface area contributed by atoms with Crippen molar-refractivity contribution in [2.75, 3.05) is 60.3 Å². The van der Waals surface area contributed by atoms with Crippen molar-refractivity contribution in [1.82, 2.24) is 36.3 Å². The average Bonchev–Trinajstić information content (AvgIpc) is 3.97. The highest BCUT2D eigenvalue weighted by atomic mass is 19.3. The maximum Gasteiger partial charge on any atom is 0.289 e. The molecule has 0 spiro atoms. The van der Waals surface area contributed by atoms with Crippen LogP contribution in [0.2, 0.25) is 0 Å². The van der Waals surface area contributed by atoms with Crippen molar-refractivity contribution in [2.24, 2.45) is 5.92 Å². The Morgan fingerprint density at radius 3 is 2.40 bits per heavy atom. The minimum absolute atomic E-state index is 0.0556. The van der Waals surface area contributed by atoms with Gasteiger partial charge in [0.25, 0.3) is 11.8 Å². The quantitative estimate of drug-likeness (QED) is 0.0529. The number of rotatable bonds is 23. The summed E-state index contributed by atoms with van der Waals surface area (Å²) in [5.74, 6) is -8.73. The van der Waals surface area contributed by atoms with Crippen molar-refractivity contribution >= 4 is 49.2 Å². The van der Waals surface area contributed by atoms with Crippen LogP contribution in [-0.2, 0) is 69.2 Å². The van der Waals surface area contributed by atoms with E-state index in [-0.39, 0.29) is 57.3 Å². The van der Waals surface area contributed by atoms with Gasteiger partial charge in [-0.25, -0.2) is 8.78 Å². The zero-order chi connectivity index (χ0) is 44.8. The Kier molecular flexibility index (Phi) is 17.1. The lowest BCUT2D eigenvalue weighted by Gasteiger charge is -2.23. The summed E-state index contributed by atoms with van der Waals surface area (Å²) in [6.45, 7) is 1.55. The molecule has 21 heteroatoms. The third kappa shape index (κ3) is 12.9. The maximum absolute atomic E-state index is 14.5. The van der Waals surface area contributed by atoms with Crippen LogP contribution in [0.1, 0.15) is 54.4 Å². The number of Topliss-reactive ketones (excluding diaryl/α,β-unsaturated/α-hetero) is 1. The molecule has 3 aliphatic rings. The van der Waals surface area contributed by atoms with Crippen LogP contribution in [0, 0.1) is 5.92 Å². The normalized spacial score (nSPS) is 18.8. The number of ether oxygens (including phenoxy) is 4. The number of amides is 6. The van der Waals surface area contributed by atoms with Crippen molar-refractivity contribution in [2.45, 2.75) is 76.3 Å². The van der Waals surface area contributed by atoms with Crippen molar-refractivity contribution in [1.29, 1.82) is 0 Å². The first-order chi connectivity index (χ1) is 29.7. The molecule has 5 N–H and O–H groups in total. The average molecular weight is 870 g/mol. The van der Waals surface area contributed by atoms with Gasteiger partial charge >= 0.3 is 0 Å². The number of hydrogen-bond acceptors (Lipinski definition) is 12. The molecule has 0 saturated carbocycles. The summed E-state index contributed by atoms with van der Waals surface area (Å²) in [4.78, 5) is 92.9. The molecule has 2 fully saturated rings. The van der Waals surface area contributed by atoms with Crippen LogP contribution >= 0.6 is 0 Å². The minimum Gasteiger partial charge on any atom is -0.493 e. The number of fused-ring (bicyclic) bond motifs is 1. The van der Waals surface area contributed by atoms with E-state index in [0.29, 0.717) is 48.3 Å². The summed E-state index contributed by atoms with van der Waals surface area (Å²) in [6.07, 6.45) is -0.386. The molecule has 3 aliphatic heterocycles. The van der Waals surface area contributed by atoms with E-state index < -0.39 is 72.8 Å². The van der Waals surface area contributed by atoms with Gasteiger partial charge in [0.15, 0.2) is 19.5 Å². The summed E-state index contributed by atoms with van der Waals surface area (Å²) in [5.41, 5.74) is 3.21. The van der Waals surface area contributed by atoms with Crippen molar-refractivity contribution in [3.8, 4) is 11.5 Å². The van der Waals surface area contributed by atoms with Crippen LogP contribution in [-0.4, -0.2) is 137 Å². The van der Waals surface area contributed by atoms with Crippen LogP contribution < -0.4 is 36.0 Å². The molecule has 3 atom stereocenters. The lowest BCUT2D eigenvalue weighted by atomic mass is 10.00. The van der Waals surface area contributed by atoms with Gasteiger partial charge in [0.05, 0.1) is 40.5 Å². The first-order valence-electron chi connectivity index (χ1n) is 20.5. The van der Waals surface area contributed by atoms with E-state index in [1.165, 1.54) is 14.2 Å². The van der Waals surface area contributed by atoms with Gasteiger partial charge in [-0.3, -0.25) is 33.6 Å². The topological polar surface area (TPSA) is 223 Å². The molecule has 18 nitrogen and oxygen atoms in total. The first-order valence-corrected chi connectivity index (χ1v) is 20.5. The van der Waals surface area contributed by atoms with Crippen LogP contribution in [0.15, 0.2) is 36.4 Å². The van der Waals surface area contributed by atoms with Crippen LogP contribution in [0.5, 0.6) is 11.5 Å². The number of nitrogens with zero attached hydrogens (tertiary/aromatic N) is 2.